The summed E-state index contributed by atoms with van der Waals surface area (Å²) >= 11 is 1.61. The summed E-state index contributed by atoms with van der Waals surface area (Å²) in [6, 6.07) is 17.5. The van der Waals surface area contributed by atoms with E-state index < -0.39 is 0 Å². The van der Waals surface area contributed by atoms with E-state index in [-0.39, 0.29) is 23.8 Å². The molecule has 1 unspecified atom stereocenters. The predicted octanol–water partition coefficient (Wildman–Crippen LogP) is 4.14. The SMILES string of the molecule is Cc1ccccc1C(NC(=O)C1CCN(C(=O)Cc2cccs2)CC1)c1ccccn1. The fourth-order valence-electron chi connectivity index (χ4n) is 4.09. The number of carbonyl (C=O) groups is 2. The number of piperidine rings is 1. The number of benzene rings is 1. The molecule has 3 aromatic rings. The summed E-state index contributed by atoms with van der Waals surface area (Å²) in [5.41, 5.74) is 3.00. The van der Waals surface area contributed by atoms with E-state index in [0.717, 1.165) is 21.7 Å². The fourth-order valence-corrected chi connectivity index (χ4v) is 4.79. The quantitative estimate of drug-likeness (QED) is 0.636. The maximum atomic E-state index is 13.2. The molecule has 0 bridgehead atoms. The van der Waals surface area contributed by atoms with Gasteiger partial charge in [-0.2, -0.15) is 0 Å². The average Bonchev–Trinajstić information content (AvgIpc) is 3.31. The van der Waals surface area contributed by atoms with Crippen molar-refractivity contribution in [2.45, 2.75) is 32.2 Å². The Morgan fingerprint density at radius 3 is 2.55 bits per heavy atom. The zero-order valence-corrected chi connectivity index (χ0v) is 18.5. The van der Waals surface area contributed by atoms with Crippen LogP contribution in [0.2, 0.25) is 0 Å². The van der Waals surface area contributed by atoms with Crippen LogP contribution in [0.3, 0.4) is 0 Å². The number of pyridine rings is 1. The van der Waals surface area contributed by atoms with E-state index in [0.29, 0.717) is 32.4 Å². The highest BCUT2D eigenvalue weighted by Crippen LogP contribution is 2.26. The van der Waals surface area contributed by atoms with Gasteiger partial charge < -0.3 is 10.2 Å². The number of carbonyl (C=O) groups excluding carboxylic acids is 2. The second-order valence-electron chi connectivity index (χ2n) is 7.96. The summed E-state index contributed by atoms with van der Waals surface area (Å²) in [7, 11) is 0. The molecule has 5 nitrogen and oxygen atoms in total. The molecule has 3 heterocycles. The monoisotopic (exact) mass is 433 g/mol. The van der Waals surface area contributed by atoms with E-state index >= 15 is 0 Å². The minimum absolute atomic E-state index is 0.0317. The lowest BCUT2D eigenvalue weighted by atomic mass is 9.93. The summed E-state index contributed by atoms with van der Waals surface area (Å²) in [5, 5.41) is 5.23. The van der Waals surface area contributed by atoms with Crippen molar-refractivity contribution in [2.75, 3.05) is 13.1 Å². The van der Waals surface area contributed by atoms with Crippen LogP contribution in [0.5, 0.6) is 0 Å². The average molecular weight is 434 g/mol. The molecule has 1 aliphatic rings. The molecule has 0 radical (unpaired) electrons. The molecule has 1 N–H and O–H groups in total. The minimum atomic E-state index is -0.284. The molecule has 0 spiro atoms. The number of nitrogens with one attached hydrogen (secondary N) is 1. The molecule has 4 rings (SSSR count). The van der Waals surface area contributed by atoms with Crippen molar-refractivity contribution in [3.05, 3.63) is 87.9 Å². The van der Waals surface area contributed by atoms with Crippen molar-refractivity contribution in [3.8, 4) is 0 Å². The maximum Gasteiger partial charge on any atom is 0.227 e. The van der Waals surface area contributed by atoms with Crippen LogP contribution in [0.15, 0.2) is 66.2 Å². The lowest BCUT2D eigenvalue weighted by molar-refractivity contribution is -0.135. The van der Waals surface area contributed by atoms with Gasteiger partial charge in [-0.25, -0.2) is 0 Å². The van der Waals surface area contributed by atoms with Crippen molar-refractivity contribution < 1.29 is 9.59 Å². The van der Waals surface area contributed by atoms with Crippen molar-refractivity contribution >= 4 is 23.2 Å². The Bertz CT molecular complexity index is 1010. The molecule has 1 saturated heterocycles. The van der Waals surface area contributed by atoms with E-state index in [1.54, 1.807) is 17.5 Å². The van der Waals surface area contributed by atoms with Crippen molar-refractivity contribution in [2.24, 2.45) is 5.92 Å². The van der Waals surface area contributed by atoms with Crippen LogP contribution < -0.4 is 5.32 Å². The standard InChI is InChI=1S/C25H27N3O2S/c1-18-7-2-3-9-21(18)24(22-10-4-5-13-26-22)27-25(30)19-11-14-28(15-12-19)23(29)17-20-8-6-16-31-20/h2-10,13,16,19,24H,11-12,14-15,17H2,1H3,(H,27,30). The third-order valence-electron chi connectivity index (χ3n) is 5.89. The number of hydrogen-bond donors (Lipinski definition) is 1. The second kappa shape index (κ2) is 9.88. The van der Waals surface area contributed by atoms with Crippen LogP contribution >= 0.6 is 11.3 Å². The van der Waals surface area contributed by atoms with E-state index in [1.807, 2.05) is 58.8 Å². The zero-order chi connectivity index (χ0) is 21.6. The molecule has 6 heteroatoms. The van der Waals surface area contributed by atoms with E-state index in [1.165, 1.54) is 0 Å². The number of aromatic nitrogens is 1. The van der Waals surface area contributed by atoms with Gasteiger partial charge in [0.2, 0.25) is 11.8 Å². The molecule has 1 aliphatic heterocycles. The smallest absolute Gasteiger partial charge is 0.227 e. The van der Waals surface area contributed by atoms with Gasteiger partial charge in [-0.3, -0.25) is 14.6 Å². The lowest BCUT2D eigenvalue weighted by Gasteiger charge is -2.32. The zero-order valence-electron chi connectivity index (χ0n) is 17.7. The van der Waals surface area contributed by atoms with Gasteiger partial charge in [0.15, 0.2) is 0 Å². The largest absolute Gasteiger partial charge is 0.343 e. The van der Waals surface area contributed by atoms with Crippen molar-refractivity contribution in [3.63, 3.8) is 0 Å². The van der Waals surface area contributed by atoms with Crippen molar-refractivity contribution in [1.29, 1.82) is 0 Å². The minimum Gasteiger partial charge on any atom is -0.343 e. The highest BCUT2D eigenvalue weighted by molar-refractivity contribution is 7.10. The summed E-state index contributed by atoms with van der Waals surface area (Å²) in [4.78, 5) is 33.2. The molecule has 0 aliphatic carbocycles. The molecule has 31 heavy (non-hydrogen) atoms. The molecule has 160 valence electrons. The number of amides is 2. The Labute approximate surface area is 187 Å². The maximum absolute atomic E-state index is 13.2. The predicted molar refractivity (Wildman–Crippen MR) is 123 cm³/mol. The molecule has 1 fully saturated rings. The third kappa shape index (κ3) is 5.20. The van der Waals surface area contributed by atoms with Gasteiger partial charge in [0, 0.05) is 30.1 Å². The van der Waals surface area contributed by atoms with Gasteiger partial charge >= 0.3 is 0 Å². The molecule has 1 aromatic carbocycles. The Hall–Kier alpha value is -2.99. The van der Waals surface area contributed by atoms with Crippen LogP contribution in [-0.2, 0) is 16.0 Å². The summed E-state index contributed by atoms with van der Waals surface area (Å²) < 4.78 is 0. The number of hydrogen-bond acceptors (Lipinski definition) is 4. The van der Waals surface area contributed by atoms with Crippen LogP contribution in [0.25, 0.3) is 0 Å². The molecule has 2 aromatic heterocycles. The van der Waals surface area contributed by atoms with E-state index in [4.69, 9.17) is 0 Å². The second-order valence-corrected chi connectivity index (χ2v) is 9.00. The number of thiophene rings is 1. The molecule has 0 saturated carbocycles. The van der Waals surface area contributed by atoms with Gasteiger partial charge in [0.1, 0.15) is 0 Å². The van der Waals surface area contributed by atoms with Crippen LogP contribution in [-0.4, -0.2) is 34.8 Å². The highest BCUT2D eigenvalue weighted by atomic mass is 32.1. The first kappa shape index (κ1) is 21.2. The van der Waals surface area contributed by atoms with E-state index in [2.05, 4.69) is 23.3 Å². The van der Waals surface area contributed by atoms with Gasteiger partial charge in [-0.15, -0.1) is 11.3 Å². The fraction of sp³-hybridized carbons (Fsp3) is 0.320. The van der Waals surface area contributed by atoms with Crippen LogP contribution in [0.1, 0.15) is 40.6 Å². The van der Waals surface area contributed by atoms with Gasteiger partial charge in [-0.05, 0) is 54.5 Å². The number of aryl methyl sites for hydroxylation is 1. The summed E-state index contributed by atoms with van der Waals surface area (Å²) in [5.74, 6) is 0.0814. The van der Waals surface area contributed by atoms with Crippen LogP contribution in [0, 0.1) is 12.8 Å². The van der Waals surface area contributed by atoms with Crippen LogP contribution in [0.4, 0.5) is 0 Å². The van der Waals surface area contributed by atoms with E-state index in [9.17, 15) is 9.59 Å². The molecular formula is C25H27N3O2S. The third-order valence-corrected chi connectivity index (χ3v) is 6.77. The van der Waals surface area contributed by atoms with Gasteiger partial charge in [-0.1, -0.05) is 36.4 Å². The van der Waals surface area contributed by atoms with Gasteiger partial charge in [0.05, 0.1) is 18.2 Å². The Morgan fingerprint density at radius 2 is 1.87 bits per heavy atom. The first-order valence-electron chi connectivity index (χ1n) is 10.7. The molecule has 1 atom stereocenters. The Balaban J connectivity index is 1.40. The number of likely N-dealkylation sites (tertiary alicyclic amines) is 1. The van der Waals surface area contributed by atoms with Crippen molar-refractivity contribution in [1.82, 2.24) is 15.2 Å². The lowest BCUT2D eigenvalue weighted by Crippen LogP contribution is -2.44. The summed E-state index contributed by atoms with van der Waals surface area (Å²) in [6.07, 6.45) is 3.57. The topological polar surface area (TPSA) is 62.3 Å². The Kier molecular flexibility index (Phi) is 6.77. The number of rotatable bonds is 6. The number of nitrogens with zero attached hydrogens (tertiary/aromatic N) is 2. The summed E-state index contributed by atoms with van der Waals surface area (Å²) in [6.45, 7) is 3.30. The molecule has 2 amide bonds. The Morgan fingerprint density at radius 1 is 1.10 bits per heavy atom. The highest BCUT2D eigenvalue weighted by Gasteiger charge is 2.29. The first-order valence-corrected chi connectivity index (χ1v) is 11.6. The normalized spacial score (nSPS) is 15.5. The first-order chi connectivity index (χ1) is 15.1. The molecular weight excluding hydrogens is 406 g/mol. The van der Waals surface area contributed by atoms with Gasteiger partial charge in [0.25, 0.3) is 0 Å².